The summed E-state index contributed by atoms with van der Waals surface area (Å²) < 4.78 is 6.00. The van der Waals surface area contributed by atoms with Crippen LogP contribution in [0.5, 0.6) is 17.4 Å². The second-order valence-corrected chi connectivity index (χ2v) is 4.77. The lowest BCUT2D eigenvalue weighted by Gasteiger charge is -2.07. The van der Waals surface area contributed by atoms with Crippen LogP contribution in [-0.2, 0) is 0 Å². The van der Waals surface area contributed by atoms with Crippen LogP contribution in [0.2, 0.25) is 10.0 Å². The average Bonchev–Trinajstić information content (AvgIpc) is 2.30. The van der Waals surface area contributed by atoms with Gasteiger partial charge in [0.2, 0.25) is 5.88 Å². The van der Waals surface area contributed by atoms with E-state index in [-0.39, 0.29) is 16.7 Å². The van der Waals surface area contributed by atoms with Gasteiger partial charge in [0.15, 0.2) is 0 Å². The van der Waals surface area contributed by atoms with Gasteiger partial charge in [-0.05, 0) is 34.1 Å². The van der Waals surface area contributed by atoms with E-state index < -0.39 is 0 Å². The minimum absolute atomic E-state index is 0.0700. The van der Waals surface area contributed by atoms with Crippen molar-refractivity contribution in [2.24, 2.45) is 0 Å². The second-order valence-electron chi connectivity index (χ2n) is 3.13. The molecule has 1 aromatic heterocycles. The molecule has 3 nitrogen and oxygen atoms in total. The molecule has 0 atom stereocenters. The van der Waals surface area contributed by atoms with E-state index in [4.69, 9.17) is 27.9 Å². The first-order chi connectivity index (χ1) is 8.08. The molecule has 0 unspecified atom stereocenters. The number of aromatic hydroxyl groups is 1. The van der Waals surface area contributed by atoms with Gasteiger partial charge in [0.25, 0.3) is 0 Å². The molecule has 0 bridgehead atoms. The molecular weight excluding hydrogens is 329 g/mol. The highest BCUT2D eigenvalue weighted by molar-refractivity contribution is 9.10. The number of phenols is 1. The summed E-state index contributed by atoms with van der Waals surface area (Å²) in [4.78, 5) is 3.95. The molecule has 1 aromatic carbocycles. The molecular formula is C11H6BrCl2NO2. The van der Waals surface area contributed by atoms with Crippen LogP contribution < -0.4 is 4.74 Å². The van der Waals surface area contributed by atoms with Gasteiger partial charge in [0.05, 0.1) is 9.50 Å². The Morgan fingerprint density at radius 3 is 2.71 bits per heavy atom. The Balaban J connectivity index is 2.31. The Kier molecular flexibility index (Phi) is 3.76. The zero-order chi connectivity index (χ0) is 12.4. The van der Waals surface area contributed by atoms with E-state index in [1.165, 1.54) is 12.3 Å². The molecule has 0 aliphatic carbocycles. The minimum atomic E-state index is 0.0700. The highest BCUT2D eigenvalue weighted by Crippen LogP contribution is 2.35. The van der Waals surface area contributed by atoms with Gasteiger partial charge in [0, 0.05) is 12.3 Å². The molecule has 1 heterocycles. The van der Waals surface area contributed by atoms with Gasteiger partial charge in [-0.1, -0.05) is 23.2 Å². The van der Waals surface area contributed by atoms with E-state index in [1.54, 1.807) is 18.2 Å². The van der Waals surface area contributed by atoms with E-state index in [0.717, 1.165) is 0 Å². The summed E-state index contributed by atoms with van der Waals surface area (Å²) in [5.74, 6) is 0.684. The topological polar surface area (TPSA) is 42.4 Å². The SMILES string of the molecule is Oc1cc(Oc2nccc(Cl)c2Cl)ccc1Br. The number of hydrogen-bond acceptors (Lipinski definition) is 3. The van der Waals surface area contributed by atoms with Gasteiger partial charge in [-0.2, -0.15) is 0 Å². The third kappa shape index (κ3) is 2.83. The van der Waals surface area contributed by atoms with Crippen molar-refractivity contribution in [3.8, 4) is 17.4 Å². The van der Waals surface area contributed by atoms with E-state index in [2.05, 4.69) is 20.9 Å². The van der Waals surface area contributed by atoms with Crippen molar-refractivity contribution in [1.29, 1.82) is 0 Å². The second kappa shape index (κ2) is 5.12. The molecule has 1 N–H and O–H groups in total. The molecule has 0 aliphatic heterocycles. The van der Waals surface area contributed by atoms with Crippen LogP contribution in [0.25, 0.3) is 0 Å². The van der Waals surface area contributed by atoms with Crippen molar-refractivity contribution < 1.29 is 9.84 Å². The van der Waals surface area contributed by atoms with Gasteiger partial charge < -0.3 is 9.84 Å². The molecule has 0 amide bonds. The zero-order valence-corrected chi connectivity index (χ0v) is 11.4. The number of halogens is 3. The fraction of sp³-hybridized carbons (Fsp3) is 0. The molecule has 2 aromatic rings. The van der Waals surface area contributed by atoms with Gasteiger partial charge in [-0.15, -0.1) is 0 Å². The third-order valence-electron chi connectivity index (χ3n) is 1.94. The smallest absolute Gasteiger partial charge is 0.239 e. The summed E-state index contributed by atoms with van der Waals surface area (Å²) in [5, 5.41) is 10.1. The van der Waals surface area contributed by atoms with E-state index >= 15 is 0 Å². The first-order valence-electron chi connectivity index (χ1n) is 4.54. The molecule has 0 fully saturated rings. The molecule has 88 valence electrons. The predicted octanol–water partition coefficient (Wildman–Crippen LogP) is 4.65. The first kappa shape index (κ1) is 12.5. The lowest BCUT2D eigenvalue weighted by molar-refractivity contribution is 0.444. The van der Waals surface area contributed by atoms with Crippen molar-refractivity contribution >= 4 is 39.1 Å². The van der Waals surface area contributed by atoms with Crippen LogP contribution in [-0.4, -0.2) is 10.1 Å². The van der Waals surface area contributed by atoms with Crippen LogP contribution in [0.1, 0.15) is 0 Å². The Bertz CT molecular complexity index is 563. The molecule has 0 aliphatic rings. The maximum Gasteiger partial charge on any atom is 0.239 e. The molecule has 0 saturated heterocycles. The number of phenolic OH excluding ortho intramolecular Hbond substituents is 1. The zero-order valence-electron chi connectivity index (χ0n) is 8.32. The lowest BCUT2D eigenvalue weighted by Crippen LogP contribution is -1.89. The van der Waals surface area contributed by atoms with Gasteiger partial charge in [-0.3, -0.25) is 0 Å². The molecule has 0 saturated carbocycles. The maximum absolute atomic E-state index is 9.50. The number of ether oxygens (including phenoxy) is 1. The number of aromatic nitrogens is 1. The van der Waals surface area contributed by atoms with Gasteiger partial charge >= 0.3 is 0 Å². The Morgan fingerprint density at radius 2 is 2.00 bits per heavy atom. The average molecular weight is 335 g/mol. The number of benzene rings is 1. The highest BCUT2D eigenvalue weighted by atomic mass is 79.9. The quantitative estimate of drug-likeness (QED) is 0.869. The number of pyridine rings is 1. The van der Waals surface area contributed by atoms with E-state index in [0.29, 0.717) is 15.2 Å². The lowest BCUT2D eigenvalue weighted by atomic mass is 10.3. The number of nitrogens with zero attached hydrogens (tertiary/aromatic N) is 1. The fourth-order valence-electron chi connectivity index (χ4n) is 1.14. The normalized spacial score (nSPS) is 10.3. The van der Waals surface area contributed by atoms with Crippen LogP contribution in [0.15, 0.2) is 34.9 Å². The van der Waals surface area contributed by atoms with Crippen molar-refractivity contribution in [3.63, 3.8) is 0 Å². The molecule has 0 radical (unpaired) electrons. The summed E-state index contributed by atoms with van der Waals surface area (Å²) in [7, 11) is 0. The molecule has 17 heavy (non-hydrogen) atoms. The van der Waals surface area contributed by atoms with E-state index in [1.807, 2.05) is 0 Å². The minimum Gasteiger partial charge on any atom is -0.507 e. The van der Waals surface area contributed by atoms with Crippen LogP contribution >= 0.6 is 39.1 Å². The van der Waals surface area contributed by atoms with Crippen molar-refractivity contribution in [3.05, 3.63) is 45.0 Å². The molecule has 6 heteroatoms. The van der Waals surface area contributed by atoms with Crippen molar-refractivity contribution in [2.75, 3.05) is 0 Å². The largest absolute Gasteiger partial charge is 0.507 e. The first-order valence-corrected chi connectivity index (χ1v) is 6.09. The van der Waals surface area contributed by atoms with E-state index in [9.17, 15) is 5.11 Å². The standard InChI is InChI=1S/C11H6BrCl2NO2/c12-7-2-1-6(5-9(7)16)17-11-10(14)8(13)3-4-15-11/h1-5,16H. The third-order valence-corrected chi connectivity index (χ3v) is 3.39. The monoisotopic (exact) mass is 333 g/mol. The fourth-order valence-corrected chi connectivity index (χ4v) is 1.68. The highest BCUT2D eigenvalue weighted by Gasteiger charge is 2.09. The Morgan fingerprint density at radius 1 is 1.24 bits per heavy atom. The maximum atomic E-state index is 9.50. The van der Waals surface area contributed by atoms with Crippen LogP contribution in [0.4, 0.5) is 0 Å². The number of rotatable bonds is 2. The van der Waals surface area contributed by atoms with Gasteiger partial charge in [0.1, 0.15) is 16.5 Å². The summed E-state index contributed by atoms with van der Waals surface area (Å²) in [6, 6.07) is 6.34. The molecule has 2 rings (SSSR count). The predicted molar refractivity (Wildman–Crippen MR) is 70.1 cm³/mol. The summed E-state index contributed by atoms with van der Waals surface area (Å²) in [5.41, 5.74) is 0. The van der Waals surface area contributed by atoms with Crippen LogP contribution in [0.3, 0.4) is 0 Å². The summed E-state index contributed by atoms with van der Waals surface area (Å²) in [6.07, 6.45) is 1.49. The van der Waals surface area contributed by atoms with Crippen LogP contribution in [0, 0.1) is 0 Å². The number of hydrogen-bond donors (Lipinski definition) is 1. The van der Waals surface area contributed by atoms with Crippen molar-refractivity contribution in [1.82, 2.24) is 4.98 Å². The Hall–Kier alpha value is -0.970. The molecule has 0 spiro atoms. The summed E-state index contributed by atoms with van der Waals surface area (Å²) in [6.45, 7) is 0. The summed E-state index contributed by atoms with van der Waals surface area (Å²) >= 11 is 14.9. The van der Waals surface area contributed by atoms with Gasteiger partial charge in [-0.25, -0.2) is 4.98 Å². The van der Waals surface area contributed by atoms with Crippen molar-refractivity contribution in [2.45, 2.75) is 0 Å². The Labute approximate surface area is 116 Å².